The van der Waals surface area contributed by atoms with E-state index >= 15 is 0 Å². The number of carboxylic acid groups (broad SMARTS) is 1. The predicted molar refractivity (Wildman–Crippen MR) is 90.2 cm³/mol. The first kappa shape index (κ1) is 18.4. The SMILES string of the molecule is Cc1cccc(C(=O)O)c1/N=C/CC(C)CCCC(C)(C)O. The van der Waals surface area contributed by atoms with E-state index in [0.29, 0.717) is 11.6 Å². The summed E-state index contributed by atoms with van der Waals surface area (Å²) in [6, 6.07) is 5.18. The molecule has 0 aliphatic heterocycles. The Hall–Kier alpha value is -1.68. The van der Waals surface area contributed by atoms with E-state index in [1.807, 2.05) is 33.1 Å². The lowest BCUT2D eigenvalue weighted by Gasteiger charge is -2.17. The second-order valence-electron chi connectivity index (χ2n) is 6.63. The van der Waals surface area contributed by atoms with E-state index in [1.165, 1.54) is 0 Å². The highest BCUT2D eigenvalue weighted by molar-refractivity contribution is 5.94. The van der Waals surface area contributed by atoms with Gasteiger partial charge >= 0.3 is 5.97 Å². The molecule has 0 aromatic heterocycles. The van der Waals surface area contributed by atoms with Crippen LogP contribution in [0.2, 0.25) is 0 Å². The Kier molecular flexibility index (Phi) is 6.75. The first-order chi connectivity index (χ1) is 10.2. The van der Waals surface area contributed by atoms with Gasteiger partial charge in [-0.1, -0.05) is 31.9 Å². The Morgan fingerprint density at radius 3 is 2.68 bits per heavy atom. The van der Waals surface area contributed by atoms with E-state index in [1.54, 1.807) is 12.1 Å². The molecule has 0 aliphatic carbocycles. The third-order valence-corrected chi connectivity index (χ3v) is 3.68. The zero-order valence-corrected chi connectivity index (χ0v) is 14.0. The Morgan fingerprint density at radius 1 is 1.41 bits per heavy atom. The molecule has 0 aliphatic rings. The normalized spacial score (nSPS) is 13.5. The molecule has 2 N–H and O–H groups in total. The van der Waals surface area contributed by atoms with Gasteiger partial charge in [0.15, 0.2) is 0 Å². The van der Waals surface area contributed by atoms with Crippen LogP contribution in [-0.2, 0) is 0 Å². The molecule has 0 spiro atoms. The monoisotopic (exact) mass is 305 g/mol. The largest absolute Gasteiger partial charge is 0.478 e. The molecule has 0 bridgehead atoms. The van der Waals surface area contributed by atoms with Gasteiger partial charge in [0.25, 0.3) is 0 Å². The zero-order valence-electron chi connectivity index (χ0n) is 14.0. The number of benzene rings is 1. The summed E-state index contributed by atoms with van der Waals surface area (Å²) in [5.41, 5.74) is 1.04. The lowest BCUT2D eigenvalue weighted by atomic mass is 9.95. The minimum Gasteiger partial charge on any atom is -0.478 e. The van der Waals surface area contributed by atoms with Crippen molar-refractivity contribution in [1.29, 1.82) is 0 Å². The molecule has 0 radical (unpaired) electrons. The summed E-state index contributed by atoms with van der Waals surface area (Å²) in [6.07, 6.45) is 5.40. The number of aromatic carboxylic acids is 1. The summed E-state index contributed by atoms with van der Waals surface area (Å²) in [5, 5.41) is 18.9. The number of aliphatic hydroxyl groups is 1. The van der Waals surface area contributed by atoms with Gasteiger partial charge < -0.3 is 10.2 Å². The van der Waals surface area contributed by atoms with E-state index < -0.39 is 11.6 Å². The first-order valence-corrected chi connectivity index (χ1v) is 7.78. The Morgan fingerprint density at radius 2 is 2.09 bits per heavy atom. The molecule has 0 saturated carbocycles. The Balaban J connectivity index is 2.57. The van der Waals surface area contributed by atoms with Crippen LogP contribution in [0.5, 0.6) is 0 Å². The number of aliphatic imine (C=N–C) groups is 1. The quantitative estimate of drug-likeness (QED) is 0.701. The first-order valence-electron chi connectivity index (χ1n) is 7.78. The van der Waals surface area contributed by atoms with Gasteiger partial charge in [-0.25, -0.2) is 4.79 Å². The molecular weight excluding hydrogens is 278 g/mol. The fourth-order valence-electron chi connectivity index (χ4n) is 2.33. The third-order valence-electron chi connectivity index (χ3n) is 3.68. The number of hydrogen-bond acceptors (Lipinski definition) is 3. The van der Waals surface area contributed by atoms with Crippen LogP contribution >= 0.6 is 0 Å². The number of carboxylic acids is 1. The van der Waals surface area contributed by atoms with E-state index in [2.05, 4.69) is 11.9 Å². The third kappa shape index (κ3) is 6.39. The van der Waals surface area contributed by atoms with Crippen LogP contribution in [0, 0.1) is 12.8 Å². The Bertz CT molecular complexity index is 530. The van der Waals surface area contributed by atoms with Gasteiger partial charge in [0.05, 0.1) is 16.9 Å². The van der Waals surface area contributed by atoms with E-state index in [4.69, 9.17) is 0 Å². The topological polar surface area (TPSA) is 69.9 Å². The average molecular weight is 305 g/mol. The van der Waals surface area contributed by atoms with Crippen LogP contribution in [0.3, 0.4) is 0 Å². The average Bonchev–Trinajstić information content (AvgIpc) is 2.38. The van der Waals surface area contributed by atoms with Crippen molar-refractivity contribution >= 4 is 17.9 Å². The molecule has 1 aromatic rings. The molecule has 0 fully saturated rings. The maximum Gasteiger partial charge on any atom is 0.337 e. The lowest BCUT2D eigenvalue weighted by molar-refractivity contribution is 0.0669. The molecular formula is C18H27NO3. The van der Waals surface area contributed by atoms with Gasteiger partial charge in [-0.2, -0.15) is 0 Å². The number of aryl methyl sites for hydroxylation is 1. The van der Waals surface area contributed by atoms with E-state index in [9.17, 15) is 15.0 Å². The second kappa shape index (κ2) is 8.08. The van der Waals surface area contributed by atoms with Crippen molar-refractivity contribution in [3.8, 4) is 0 Å². The molecule has 1 unspecified atom stereocenters. The molecule has 22 heavy (non-hydrogen) atoms. The molecule has 1 atom stereocenters. The highest BCUT2D eigenvalue weighted by Crippen LogP contribution is 2.24. The Labute approximate surface area is 132 Å². The molecule has 122 valence electrons. The van der Waals surface area contributed by atoms with Gasteiger partial charge in [-0.3, -0.25) is 4.99 Å². The van der Waals surface area contributed by atoms with Gasteiger partial charge in [0, 0.05) is 6.21 Å². The van der Waals surface area contributed by atoms with Crippen LogP contribution in [0.4, 0.5) is 5.69 Å². The van der Waals surface area contributed by atoms with Crippen LogP contribution < -0.4 is 0 Å². The van der Waals surface area contributed by atoms with Gasteiger partial charge in [0.1, 0.15) is 0 Å². The maximum atomic E-state index is 11.2. The summed E-state index contributed by atoms with van der Waals surface area (Å²) in [6.45, 7) is 7.66. The molecule has 0 heterocycles. The van der Waals surface area contributed by atoms with Crippen LogP contribution in [0.25, 0.3) is 0 Å². The van der Waals surface area contributed by atoms with Crippen LogP contribution in [0.1, 0.15) is 62.4 Å². The summed E-state index contributed by atoms with van der Waals surface area (Å²) in [7, 11) is 0. The standard InChI is InChI=1S/C18H27NO3/c1-13(7-6-11-18(3,4)22)10-12-19-16-14(2)8-5-9-15(16)17(20)21/h5,8-9,12-13,22H,6-7,10-11H2,1-4H3,(H,20,21)/b19-12+. The van der Waals surface area contributed by atoms with Crippen molar-refractivity contribution < 1.29 is 15.0 Å². The van der Waals surface area contributed by atoms with Crippen molar-refractivity contribution in [1.82, 2.24) is 0 Å². The number of para-hydroxylation sites is 1. The fourth-order valence-corrected chi connectivity index (χ4v) is 2.33. The van der Waals surface area contributed by atoms with Gasteiger partial charge in [-0.05, 0) is 51.2 Å². The zero-order chi connectivity index (χ0) is 16.8. The second-order valence-corrected chi connectivity index (χ2v) is 6.63. The minimum absolute atomic E-state index is 0.242. The highest BCUT2D eigenvalue weighted by atomic mass is 16.4. The van der Waals surface area contributed by atoms with E-state index in [-0.39, 0.29) is 5.56 Å². The maximum absolute atomic E-state index is 11.2. The van der Waals surface area contributed by atoms with Crippen molar-refractivity contribution in [2.75, 3.05) is 0 Å². The number of hydrogen-bond donors (Lipinski definition) is 2. The lowest BCUT2D eigenvalue weighted by Crippen LogP contribution is -2.18. The van der Waals surface area contributed by atoms with Crippen molar-refractivity contribution in [2.45, 2.75) is 59.0 Å². The van der Waals surface area contributed by atoms with Gasteiger partial charge in [0.2, 0.25) is 0 Å². The van der Waals surface area contributed by atoms with Crippen molar-refractivity contribution in [3.63, 3.8) is 0 Å². The number of rotatable bonds is 8. The molecule has 1 aromatic carbocycles. The molecule has 0 amide bonds. The highest BCUT2D eigenvalue weighted by Gasteiger charge is 2.13. The van der Waals surface area contributed by atoms with Crippen molar-refractivity contribution in [3.05, 3.63) is 29.3 Å². The smallest absolute Gasteiger partial charge is 0.337 e. The number of nitrogens with zero attached hydrogens (tertiary/aromatic N) is 1. The summed E-state index contributed by atoms with van der Waals surface area (Å²) in [5.74, 6) is -0.488. The van der Waals surface area contributed by atoms with Gasteiger partial charge in [-0.15, -0.1) is 0 Å². The van der Waals surface area contributed by atoms with E-state index in [0.717, 1.165) is 31.2 Å². The molecule has 4 nitrogen and oxygen atoms in total. The summed E-state index contributed by atoms with van der Waals surface area (Å²) >= 11 is 0. The molecule has 1 rings (SSSR count). The molecule has 4 heteroatoms. The summed E-state index contributed by atoms with van der Waals surface area (Å²) in [4.78, 5) is 15.6. The van der Waals surface area contributed by atoms with Crippen LogP contribution in [-0.4, -0.2) is 28.0 Å². The number of carbonyl (C=O) groups is 1. The molecule has 0 saturated heterocycles. The fraction of sp³-hybridized carbons (Fsp3) is 0.556. The van der Waals surface area contributed by atoms with Crippen LogP contribution in [0.15, 0.2) is 23.2 Å². The minimum atomic E-state index is -0.950. The summed E-state index contributed by atoms with van der Waals surface area (Å²) < 4.78 is 0. The predicted octanol–water partition coefficient (Wildman–Crippen LogP) is 4.36. The van der Waals surface area contributed by atoms with Crippen molar-refractivity contribution in [2.24, 2.45) is 10.9 Å².